The first-order valence-corrected chi connectivity index (χ1v) is 7.65. The number of halogens is 1. The normalized spacial score (nSPS) is 11.9. The molecule has 0 fully saturated rings. The van der Waals surface area contributed by atoms with Crippen LogP contribution in [0.2, 0.25) is 5.02 Å². The van der Waals surface area contributed by atoms with Crippen LogP contribution in [0.1, 0.15) is 19.8 Å². The molecule has 0 bridgehead atoms. The van der Waals surface area contributed by atoms with Crippen LogP contribution in [0.5, 0.6) is 0 Å². The molecule has 0 heterocycles. The summed E-state index contributed by atoms with van der Waals surface area (Å²) in [6.07, 6.45) is 1.07. The molecule has 0 aliphatic rings. The SMILES string of the molecule is CC(C(=O)O)N(C)C(=O)CCCSc1ccc(Cl)cc1. The second-order valence-electron chi connectivity index (χ2n) is 4.42. The van der Waals surface area contributed by atoms with Crippen LogP contribution in [0.3, 0.4) is 0 Å². The molecule has 0 radical (unpaired) electrons. The van der Waals surface area contributed by atoms with E-state index in [1.54, 1.807) is 11.8 Å². The Morgan fingerprint density at radius 2 is 1.95 bits per heavy atom. The van der Waals surface area contributed by atoms with Gasteiger partial charge >= 0.3 is 5.97 Å². The number of rotatable bonds is 7. The van der Waals surface area contributed by atoms with Gasteiger partial charge < -0.3 is 10.0 Å². The van der Waals surface area contributed by atoms with E-state index in [1.165, 1.54) is 18.9 Å². The fraction of sp³-hybridized carbons (Fsp3) is 0.429. The van der Waals surface area contributed by atoms with Crippen molar-refractivity contribution in [3.8, 4) is 0 Å². The third-order valence-electron chi connectivity index (χ3n) is 2.95. The maximum absolute atomic E-state index is 11.8. The highest BCUT2D eigenvalue weighted by atomic mass is 35.5. The minimum Gasteiger partial charge on any atom is -0.480 e. The third-order valence-corrected chi connectivity index (χ3v) is 4.30. The summed E-state index contributed by atoms with van der Waals surface area (Å²) in [6, 6.07) is 6.75. The molecule has 1 unspecified atom stereocenters. The summed E-state index contributed by atoms with van der Waals surface area (Å²) >= 11 is 7.45. The lowest BCUT2D eigenvalue weighted by Crippen LogP contribution is -2.40. The number of likely N-dealkylation sites (N-methyl/N-ethyl adjacent to an activating group) is 1. The molecule has 0 aromatic heterocycles. The van der Waals surface area contributed by atoms with Gasteiger partial charge in [0.05, 0.1) is 0 Å². The minimum absolute atomic E-state index is 0.142. The Balaban J connectivity index is 2.28. The van der Waals surface area contributed by atoms with Gasteiger partial charge in [-0.1, -0.05) is 11.6 Å². The van der Waals surface area contributed by atoms with Crippen molar-refractivity contribution in [2.75, 3.05) is 12.8 Å². The lowest BCUT2D eigenvalue weighted by molar-refractivity contribution is -0.148. The third kappa shape index (κ3) is 5.43. The molecule has 0 aliphatic heterocycles. The molecule has 4 nitrogen and oxygen atoms in total. The van der Waals surface area contributed by atoms with Gasteiger partial charge in [-0.3, -0.25) is 4.79 Å². The molecule has 1 aromatic rings. The average molecular weight is 316 g/mol. The van der Waals surface area contributed by atoms with E-state index in [0.29, 0.717) is 17.9 Å². The van der Waals surface area contributed by atoms with Gasteiger partial charge in [-0.2, -0.15) is 0 Å². The van der Waals surface area contributed by atoms with Gasteiger partial charge in [-0.25, -0.2) is 4.79 Å². The van der Waals surface area contributed by atoms with Crippen molar-refractivity contribution in [2.45, 2.75) is 30.7 Å². The quantitative estimate of drug-likeness (QED) is 0.620. The molecule has 1 aromatic carbocycles. The Morgan fingerprint density at radius 1 is 1.35 bits per heavy atom. The number of nitrogens with zero attached hydrogens (tertiary/aromatic N) is 1. The first kappa shape index (κ1) is 16.9. The number of benzene rings is 1. The number of carbonyl (C=O) groups is 2. The molecule has 1 rings (SSSR count). The van der Waals surface area contributed by atoms with Crippen LogP contribution in [-0.4, -0.2) is 40.7 Å². The van der Waals surface area contributed by atoms with Crippen molar-refractivity contribution in [1.82, 2.24) is 4.90 Å². The fourth-order valence-corrected chi connectivity index (χ4v) is 2.48. The zero-order valence-electron chi connectivity index (χ0n) is 11.5. The number of aliphatic carboxylic acids is 1. The number of carbonyl (C=O) groups excluding carboxylic acids is 1. The van der Waals surface area contributed by atoms with Crippen molar-refractivity contribution >= 4 is 35.2 Å². The van der Waals surface area contributed by atoms with Crippen molar-refractivity contribution in [2.24, 2.45) is 0 Å². The van der Waals surface area contributed by atoms with E-state index in [1.807, 2.05) is 24.3 Å². The van der Waals surface area contributed by atoms with E-state index >= 15 is 0 Å². The summed E-state index contributed by atoms with van der Waals surface area (Å²) in [4.78, 5) is 24.9. The summed E-state index contributed by atoms with van der Waals surface area (Å²) in [5.74, 6) is -0.323. The summed E-state index contributed by atoms with van der Waals surface area (Å²) in [6.45, 7) is 1.50. The number of hydrogen-bond acceptors (Lipinski definition) is 3. The second kappa shape index (κ2) is 8.17. The zero-order chi connectivity index (χ0) is 15.1. The van der Waals surface area contributed by atoms with E-state index in [4.69, 9.17) is 16.7 Å². The number of carboxylic acid groups (broad SMARTS) is 1. The van der Waals surface area contributed by atoms with Crippen LogP contribution < -0.4 is 0 Å². The Morgan fingerprint density at radius 3 is 2.50 bits per heavy atom. The van der Waals surface area contributed by atoms with E-state index in [9.17, 15) is 9.59 Å². The zero-order valence-corrected chi connectivity index (χ0v) is 13.1. The van der Waals surface area contributed by atoms with Crippen LogP contribution in [-0.2, 0) is 9.59 Å². The number of amides is 1. The summed E-state index contributed by atoms with van der Waals surface area (Å²) in [7, 11) is 1.52. The van der Waals surface area contributed by atoms with Crippen molar-refractivity contribution in [3.05, 3.63) is 29.3 Å². The van der Waals surface area contributed by atoms with Crippen LogP contribution in [0.4, 0.5) is 0 Å². The maximum Gasteiger partial charge on any atom is 0.326 e. The van der Waals surface area contributed by atoms with Crippen molar-refractivity contribution in [1.29, 1.82) is 0 Å². The van der Waals surface area contributed by atoms with Crippen molar-refractivity contribution < 1.29 is 14.7 Å². The first-order chi connectivity index (χ1) is 9.41. The van der Waals surface area contributed by atoms with Gasteiger partial charge in [0.1, 0.15) is 6.04 Å². The molecule has 1 N–H and O–H groups in total. The largest absolute Gasteiger partial charge is 0.480 e. The highest BCUT2D eigenvalue weighted by Gasteiger charge is 2.20. The van der Waals surface area contributed by atoms with Gasteiger partial charge in [0.2, 0.25) is 5.91 Å². The standard InChI is InChI=1S/C14H18ClNO3S/c1-10(14(18)19)16(2)13(17)4-3-9-20-12-7-5-11(15)6-8-12/h5-8,10H,3-4,9H2,1-2H3,(H,18,19). The molecule has 20 heavy (non-hydrogen) atoms. The molecule has 1 amide bonds. The van der Waals surface area contributed by atoms with Gasteiger partial charge in [0.25, 0.3) is 0 Å². The van der Waals surface area contributed by atoms with Gasteiger partial charge in [-0.05, 0) is 43.4 Å². The highest BCUT2D eigenvalue weighted by molar-refractivity contribution is 7.99. The molecule has 0 saturated carbocycles. The Labute approximate surface area is 128 Å². The Kier molecular flexibility index (Phi) is 6.88. The second-order valence-corrected chi connectivity index (χ2v) is 6.03. The predicted molar refractivity (Wildman–Crippen MR) is 81.3 cm³/mol. The van der Waals surface area contributed by atoms with Crippen LogP contribution in [0.25, 0.3) is 0 Å². The van der Waals surface area contributed by atoms with E-state index in [0.717, 1.165) is 10.6 Å². The number of carboxylic acids is 1. The lowest BCUT2D eigenvalue weighted by Gasteiger charge is -2.21. The lowest BCUT2D eigenvalue weighted by atomic mass is 10.2. The molecule has 0 aliphatic carbocycles. The molecule has 1 atom stereocenters. The fourth-order valence-electron chi connectivity index (χ4n) is 1.50. The molecule has 0 spiro atoms. The number of hydrogen-bond donors (Lipinski definition) is 1. The van der Waals surface area contributed by atoms with Crippen molar-refractivity contribution in [3.63, 3.8) is 0 Å². The van der Waals surface area contributed by atoms with Crippen LogP contribution in [0, 0.1) is 0 Å². The predicted octanol–water partition coefficient (Wildman–Crippen LogP) is 3.14. The maximum atomic E-state index is 11.8. The minimum atomic E-state index is -0.989. The molecule has 110 valence electrons. The van der Waals surface area contributed by atoms with Crippen LogP contribution >= 0.6 is 23.4 Å². The van der Waals surface area contributed by atoms with Gasteiger partial charge in [0, 0.05) is 23.4 Å². The highest BCUT2D eigenvalue weighted by Crippen LogP contribution is 2.21. The van der Waals surface area contributed by atoms with Crippen LogP contribution in [0.15, 0.2) is 29.2 Å². The Bertz CT molecular complexity index is 464. The molecule has 6 heteroatoms. The van der Waals surface area contributed by atoms with Gasteiger partial charge in [-0.15, -0.1) is 11.8 Å². The smallest absolute Gasteiger partial charge is 0.326 e. The molecular formula is C14H18ClNO3S. The van der Waals surface area contributed by atoms with E-state index in [2.05, 4.69) is 0 Å². The van der Waals surface area contributed by atoms with Gasteiger partial charge in [0.15, 0.2) is 0 Å². The summed E-state index contributed by atoms with van der Waals surface area (Å²) in [5, 5.41) is 9.54. The average Bonchev–Trinajstić information content (AvgIpc) is 2.43. The summed E-state index contributed by atoms with van der Waals surface area (Å²) < 4.78 is 0. The van der Waals surface area contributed by atoms with E-state index < -0.39 is 12.0 Å². The Hall–Kier alpha value is -1.20. The number of thioether (sulfide) groups is 1. The topological polar surface area (TPSA) is 57.6 Å². The molecular weight excluding hydrogens is 298 g/mol. The van der Waals surface area contributed by atoms with E-state index in [-0.39, 0.29) is 5.91 Å². The first-order valence-electron chi connectivity index (χ1n) is 6.28. The molecule has 0 saturated heterocycles. The summed E-state index contributed by atoms with van der Waals surface area (Å²) in [5.41, 5.74) is 0. The monoisotopic (exact) mass is 315 g/mol.